The predicted molar refractivity (Wildman–Crippen MR) is 68.3 cm³/mol. The number of carbonyl (C=O) groups excluding carboxylic acids is 1. The fourth-order valence-corrected chi connectivity index (χ4v) is 2.11. The van der Waals surface area contributed by atoms with Crippen LogP contribution in [0, 0.1) is 5.41 Å². The average molecular weight is 240 g/mol. The van der Waals surface area contributed by atoms with Gasteiger partial charge >= 0.3 is 0 Å². The van der Waals surface area contributed by atoms with Crippen LogP contribution < -0.4 is 11.1 Å². The minimum absolute atomic E-state index is 0.0402. The standard InChI is InChI=1S/C12H20N2OS/c1-4-12(3,8-13)11(15)14-9(2)10-6-5-7-16-10/h5-7,9H,4,8,13H2,1-3H3,(H,14,15). The highest BCUT2D eigenvalue weighted by atomic mass is 32.1. The second kappa shape index (κ2) is 5.46. The molecule has 0 saturated heterocycles. The van der Waals surface area contributed by atoms with Gasteiger partial charge in [-0.25, -0.2) is 0 Å². The lowest BCUT2D eigenvalue weighted by molar-refractivity contribution is -0.130. The minimum atomic E-state index is -0.453. The lowest BCUT2D eigenvalue weighted by Crippen LogP contribution is -2.44. The quantitative estimate of drug-likeness (QED) is 0.829. The van der Waals surface area contributed by atoms with E-state index in [2.05, 4.69) is 5.32 Å². The average Bonchev–Trinajstić information content (AvgIpc) is 2.81. The molecule has 3 nitrogen and oxygen atoms in total. The van der Waals surface area contributed by atoms with Crippen molar-refractivity contribution >= 4 is 17.2 Å². The maximum Gasteiger partial charge on any atom is 0.227 e. The van der Waals surface area contributed by atoms with Gasteiger partial charge in [0.1, 0.15) is 0 Å². The van der Waals surface area contributed by atoms with Crippen LogP contribution in [0.1, 0.15) is 38.1 Å². The Morgan fingerprint density at radius 1 is 1.69 bits per heavy atom. The van der Waals surface area contributed by atoms with E-state index in [-0.39, 0.29) is 11.9 Å². The Morgan fingerprint density at radius 3 is 2.81 bits per heavy atom. The second-order valence-electron chi connectivity index (χ2n) is 4.33. The van der Waals surface area contributed by atoms with Crippen molar-refractivity contribution in [2.45, 2.75) is 33.2 Å². The predicted octanol–water partition coefficient (Wildman–Crippen LogP) is 2.30. The fraction of sp³-hybridized carbons (Fsp3) is 0.583. The molecule has 90 valence electrons. The Hall–Kier alpha value is -0.870. The molecule has 1 aromatic heterocycles. The molecule has 1 rings (SSSR count). The zero-order valence-electron chi connectivity index (χ0n) is 10.1. The van der Waals surface area contributed by atoms with Crippen LogP contribution in [0.15, 0.2) is 17.5 Å². The van der Waals surface area contributed by atoms with Crippen LogP contribution in [0.5, 0.6) is 0 Å². The molecule has 0 aliphatic carbocycles. The summed E-state index contributed by atoms with van der Waals surface area (Å²) in [6, 6.07) is 4.08. The summed E-state index contributed by atoms with van der Waals surface area (Å²) in [5.74, 6) is 0.0402. The van der Waals surface area contributed by atoms with Crippen molar-refractivity contribution in [1.29, 1.82) is 0 Å². The third kappa shape index (κ3) is 2.83. The molecule has 1 aromatic rings. The van der Waals surface area contributed by atoms with Gasteiger partial charge in [0.15, 0.2) is 0 Å². The molecule has 0 spiro atoms. The molecule has 3 N–H and O–H groups in total. The number of nitrogens with two attached hydrogens (primary N) is 1. The largest absolute Gasteiger partial charge is 0.348 e. The van der Waals surface area contributed by atoms with Crippen LogP contribution in [0.4, 0.5) is 0 Å². The zero-order valence-corrected chi connectivity index (χ0v) is 10.9. The van der Waals surface area contributed by atoms with Crippen molar-refractivity contribution in [3.63, 3.8) is 0 Å². The van der Waals surface area contributed by atoms with Gasteiger partial charge in [-0.05, 0) is 31.7 Å². The van der Waals surface area contributed by atoms with Gasteiger partial charge in [0.05, 0.1) is 11.5 Å². The van der Waals surface area contributed by atoms with Gasteiger partial charge < -0.3 is 11.1 Å². The van der Waals surface area contributed by atoms with Crippen LogP contribution in [0.3, 0.4) is 0 Å². The van der Waals surface area contributed by atoms with Crippen LogP contribution in [0.25, 0.3) is 0 Å². The van der Waals surface area contributed by atoms with E-state index in [1.54, 1.807) is 11.3 Å². The summed E-state index contributed by atoms with van der Waals surface area (Å²) in [5.41, 5.74) is 5.20. The molecular weight excluding hydrogens is 220 g/mol. The molecule has 0 aliphatic heterocycles. The summed E-state index contributed by atoms with van der Waals surface area (Å²) in [7, 11) is 0. The third-order valence-corrected chi connectivity index (χ3v) is 4.15. The molecule has 0 aromatic carbocycles. The van der Waals surface area contributed by atoms with Gasteiger partial charge in [0, 0.05) is 11.4 Å². The molecule has 2 atom stereocenters. The number of rotatable bonds is 5. The molecule has 1 amide bonds. The lowest BCUT2D eigenvalue weighted by atomic mass is 9.86. The van der Waals surface area contributed by atoms with Crippen molar-refractivity contribution in [2.75, 3.05) is 6.54 Å². The third-order valence-electron chi connectivity index (χ3n) is 3.10. The van der Waals surface area contributed by atoms with Crippen LogP contribution in [-0.4, -0.2) is 12.5 Å². The van der Waals surface area contributed by atoms with Crippen molar-refractivity contribution < 1.29 is 4.79 Å². The fourth-order valence-electron chi connectivity index (χ4n) is 1.38. The molecule has 0 aliphatic rings. The topological polar surface area (TPSA) is 55.1 Å². The van der Waals surface area contributed by atoms with Crippen LogP contribution >= 0.6 is 11.3 Å². The first-order valence-electron chi connectivity index (χ1n) is 5.58. The number of hydrogen-bond acceptors (Lipinski definition) is 3. The van der Waals surface area contributed by atoms with Gasteiger partial charge in [-0.3, -0.25) is 4.79 Å². The molecule has 0 saturated carbocycles. The number of thiophene rings is 1. The van der Waals surface area contributed by atoms with Crippen LogP contribution in [0.2, 0.25) is 0 Å². The lowest BCUT2D eigenvalue weighted by Gasteiger charge is -2.27. The van der Waals surface area contributed by atoms with Gasteiger partial charge in [0.2, 0.25) is 5.91 Å². The van der Waals surface area contributed by atoms with E-state index in [4.69, 9.17) is 5.73 Å². The number of hydrogen-bond donors (Lipinski definition) is 2. The Labute approximate surface area is 101 Å². The van der Waals surface area contributed by atoms with Gasteiger partial charge in [-0.15, -0.1) is 11.3 Å². The highest BCUT2D eigenvalue weighted by Gasteiger charge is 2.30. The minimum Gasteiger partial charge on any atom is -0.348 e. The molecule has 1 heterocycles. The normalized spacial score (nSPS) is 16.5. The highest BCUT2D eigenvalue weighted by molar-refractivity contribution is 7.10. The number of nitrogens with one attached hydrogen (secondary N) is 1. The van der Waals surface area contributed by atoms with Gasteiger partial charge in [-0.2, -0.15) is 0 Å². The molecule has 0 radical (unpaired) electrons. The van der Waals surface area contributed by atoms with Gasteiger partial charge in [-0.1, -0.05) is 13.0 Å². The summed E-state index contributed by atoms with van der Waals surface area (Å²) < 4.78 is 0. The molecule has 0 fully saturated rings. The number of carbonyl (C=O) groups is 1. The van der Waals surface area contributed by atoms with Gasteiger partial charge in [0.25, 0.3) is 0 Å². The van der Waals surface area contributed by atoms with Crippen molar-refractivity contribution in [1.82, 2.24) is 5.32 Å². The summed E-state index contributed by atoms with van der Waals surface area (Å²) >= 11 is 1.65. The van der Waals surface area contributed by atoms with Crippen molar-refractivity contribution in [2.24, 2.45) is 11.1 Å². The Morgan fingerprint density at radius 2 is 2.38 bits per heavy atom. The van der Waals surface area contributed by atoms with E-state index in [1.807, 2.05) is 38.3 Å². The first kappa shape index (κ1) is 13.2. The highest BCUT2D eigenvalue weighted by Crippen LogP contribution is 2.23. The summed E-state index contributed by atoms with van der Waals surface area (Å²) in [5, 5.41) is 5.03. The monoisotopic (exact) mass is 240 g/mol. The maximum atomic E-state index is 12.0. The Kier molecular flexibility index (Phi) is 4.50. The molecule has 2 unspecified atom stereocenters. The van der Waals surface area contributed by atoms with E-state index in [1.165, 1.54) is 4.88 Å². The van der Waals surface area contributed by atoms with E-state index in [0.29, 0.717) is 6.54 Å². The Bertz CT molecular complexity index is 331. The van der Waals surface area contributed by atoms with E-state index >= 15 is 0 Å². The number of amides is 1. The summed E-state index contributed by atoms with van der Waals surface area (Å²) in [6.07, 6.45) is 0.756. The smallest absolute Gasteiger partial charge is 0.227 e. The SMILES string of the molecule is CCC(C)(CN)C(=O)NC(C)c1cccs1. The second-order valence-corrected chi connectivity index (χ2v) is 5.31. The zero-order chi connectivity index (χ0) is 12.2. The maximum absolute atomic E-state index is 12.0. The summed E-state index contributed by atoms with van der Waals surface area (Å²) in [4.78, 5) is 13.2. The molecule has 4 heteroatoms. The molecule has 0 bridgehead atoms. The van der Waals surface area contributed by atoms with Crippen molar-refractivity contribution in [3.05, 3.63) is 22.4 Å². The summed E-state index contributed by atoms with van der Waals surface area (Å²) in [6.45, 7) is 6.27. The van der Waals surface area contributed by atoms with E-state index in [9.17, 15) is 4.79 Å². The Balaban J connectivity index is 2.64. The molecular formula is C12H20N2OS. The first-order valence-corrected chi connectivity index (χ1v) is 6.46. The van der Waals surface area contributed by atoms with E-state index in [0.717, 1.165) is 6.42 Å². The van der Waals surface area contributed by atoms with Crippen LogP contribution in [-0.2, 0) is 4.79 Å². The first-order chi connectivity index (χ1) is 7.53. The van der Waals surface area contributed by atoms with Crippen molar-refractivity contribution in [3.8, 4) is 0 Å². The molecule has 16 heavy (non-hydrogen) atoms. The van der Waals surface area contributed by atoms with E-state index < -0.39 is 5.41 Å².